The molecular formula is C21H23N7S. The first kappa shape index (κ1) is 19.4. The molecule has 1 aliphatic rings. The highest BCUT2D eigenvalue weighted by atomic mass is 32.1. The fraction of sp³-hybridized carbons (Fsp3) is 0.381. The van der Waals surface area contributed by atoms with Crippen LogP contribution in [0.5, 0.6) is 0 Å². The second-order valence-corrected chi connectivity index (χ2v) is 8.27. The van der Waals surface area contributed by atoms with Crippen molar-refractivity contribution in [2.75, 3.05) is 18.4 Å². The van der Waals surface area contributed by atoms with E-state index in [1.54, 1.807) is 6.20 Å². The molecule has 0 amide bonds. The van der Waals surface area contributed by atoms with Gasteiger partial charge in [0.1, 0.15) is 22.6 Å². The van der Waals surface area contributed by atoms with Crippen LogP contribution in [-0.4, -0.2) is 37.9 Å². The Bertz CT molecular complexity index is 993. The van der Waals surface area contributed by atoms with Crippen molar-refractivity contribution < 1.29 is 0 Å². The summed E-state index contributed by atoms with van der Waals surface area (Å²) in [5.74, 6) is 2.26. The molecule has 7 nitrogen and oxygen atoms in total. The minimum atomic E-state index is 0.587. The Hall–Kier alpha value is -2.89. The number of anilines is 2. The number of nitriles is 1. The molecule has 29 heavy (non-hydrogen) atoms. The first-order valence-corrected chi connectivity index (χ1v) is 10.6. The topological polar surface area (TPSA) is 90.6 Å². The van der Waals surface area contributed by atoms with Gasteiger partial charge in [-0.25, -0.2) is 19.9 Å². The molecule has 4 rings (SSSR count). The molecule has 1 unspecified atom stereocenters. The summed E-state index contributed by atoms with van der Waals surface area (Å²) in [6.07, 6.45) is 8.47. The molecule has 0 spiro atoms. The normalized spacial score (nSPS) is 16.6. The highest BCUT2D eigenvalue weighted by Crippen LogP contribution is 2.24. The predicted octanol–water partition coefficient (Wildman–Crippen LogP) is 3.57. The van der Waals surface area contributed by atoms with Crippen molar-refractivity contribution in [3.63, 3.8) is 0 Å². The van der Waals surface area contributed by atoms with E-state index in [4.69, 9.17) is 10.2 Å². The van der Waals surface area contributed by atoms with Gasteiger partial charge < -0.3 is 5.32 Å². The summed E-state index contributed by atoms with van der Waals surface area (Å²) in [7, 11) is 0. The minimum Gasteiger partial charge on any atom is -0.316 e. The smallest absolute Gasteiger partial charge is 0.189 e. The molecule has 0 radical (unpaired) electrons. The number of hydrogen-bond acceptors (Lipinski definition) is 8. The molecule has 1 fully saturated rings. The Morgan fingerprint density at radius 1 is 1.24 bits per heavy atom. The molecule has 148 valence electrons. The van der Waals surface area contributed by atoms with Gasteiger partial charge in [-0.2, -0.15) is 5.26 Å². The lowest BCUT2D eigenvalue weighted by atomic mass is 10.0. The summed E-state index contributed by atoms with van der Waals surface area (Å²) in [5.41, 5.74) is 2.25. The highest BCUT2D eigenvalue weighted by molar-refractivity contribution is 7.16. The summed E-state index contributed by atoms with van der Waals surface area (Å²) in [6.45, 7) is 5.13. The van der Waals surface area contributed by atoms with Crippen molar-refractivity contribution in [1.82, 2.24) is 24.8 Å². The Morgan fingerprint density at radius 2 is 2.10 bits per heavy atom. The Labute approximate surface area is 174 Å². The van der Waals surface area contributed by atoms with Crippen LogP contribution in [0.1, 0.15) is 35.3 Å². The Balaban J connectivity index is 1.32. The molecule has 1 atom stereocenters. The van der Waals surface area contributed by atoms with E-state index >= 15 is 0 Å². The van der Waals surface area contributed by atoms with E-state index in [0.29, 0.717) is 15.9 Å². The fourth-order valence-electron chi connectivity index (χ4n) is 3.58. The van der Waals surface area contributed by atoms with Crippen LogP contribution in [0.25, 0.3) is 0 Å². The molecule has 0 aliphatic carbocycles. The van der Waals surface area contributed by atoms with Crippen LogP contribution >= 0.6 is 11.3 Å². The van der Waals surface area contributed by atoms with E-state index in [1.165, 1.54) is 23.3 Å². The lowest BCUT2D eigenvalue weighted by Crippen LogP contribution is -2.21. The van der Waals surface area contributed by atoms with Crippen molar-refractivity contribution in [3.05, 3.63) is 58.7 Å². The van der Waals surface area contributed by atoms with Crippen LogP contribution in [0.15, 0.2) is 36.8 Å². The van der Waals surface area contributed by atoms with E-state index in [1.807, 2.05) is 24.5 Å². The van der Waals surface area contributed by atoms with Gasteiger partial charge in [-0.3, -0.25) is 4.90 Å². The van der Waals surface area contributed by atoms with Crippen LogP contribution in [0.4, 0.5) is 10.9 Å². The monoisotopic (exact) mass is 405 g/mol. The lowest BCUT2D eigenvalue weighted by Gasteiger charge is -2.16. The average molecular weight is 406 g/mol. The van der Waals surface area contributed by atoms with Gasteiger partial charge in [0, 0.05) is 43.2 Å². The molecule has 0 saturated carbocycles. The first-order chi connectivity index (χ1) is 14.2. The summed E-state index contributed by atoms with van der Waals surface area (Å²) < 4.78 is 0. The van der Waals surface area contributed by atoms with Crippen LogP contribution < -0.4 is 5.32 Å². The number of likely N-dealkylation sites (tertiary alicyclic amines) is 1. The minimum absolute atomic E-state index is 0.587. The molecule has 0 aromatic carbocycles. The highest BCUT2D eigenvalue weighted by Gasteiger charge is 2.23. The molecule has 0 bridgehead atoms. The van der Waals surface area contributed by atoms with Gasteiger partial charge in [-0.15, -0.1) is 0 Å². The Kier molecular flexibility index (Phi) is 6.08. The third-order valence-electron chi connectivity index (χ3n) is 5.01. The number of thiazole rings is 1. The van der Waals surface area contributed by atoms with Crippen LogP contribution in [0.3, 0.4) is 0 Å². The third kappa shape index (κ3) is 5.13. The number of aryl methyl sites for hydroxylation is 1. The zero-order chi connectivity index (χ0) is 20.1. The molecular weight excluding hydrogens is 382 g/mol. The van der Waals surface area contributed by atoms with Crippen molar-refractivity contribution in [1.29, 1.82) is 5.26 Å². The second-order valence-electron chi connectivity index (χ2n) is 7.24. The molecule has 1 saturated heterocycles. The molecule has 1 aliphatic heterocycles. The number of nitrogens with zero attached hydrogens (tertiary/aromatic N) is 6. The van der Waals surface area contributed by atoms with Gasteiger partial charge >= 0.3 is 0 Å². The third-order valence-corrected chi connectivity index (χ3v) is 5.82. The number of nitrogens with one attached hydrogen (secondary N) is 1. The summed E-state index contributed by atoms with van der Waals surface area (Å²) in [5, 5.41) is 12.8. The largest absolute Gasteiger partial charge is 0.316 e. The predicted molar refractivity (Wildman–Crippen MR) is 113 cm³/mol. The molecule has 4 heterocycles. The fourth-order valence-corrected chi connectivity index (χ4v) is 4.20. The molecule has 3 aromatic rings. The molecule has 3 aromatic heterocycles. The number of rotatable bonds is 7. The number of pyridine rings is 1. The standard InChI is InChI=1S/C21H23N7S/c1-2-19-23-10-16(11-24-19)14-28-7-6-15(13-28)8-17-4-3-5-20(26-17)27-21-25-12-18(9-22)29-21/h3-5,10-12,15H,2,6-8,13-14H2,1H3,(H,25,26,27). The second kappa shape index (κ2) is 9.07. The van der Waals surface area contributed by atoms with Gasteiger partial charge in [0.15, 0.2) is 5.13 Å². The quantitative estimate of drug-likeness (QED) is 0.642. The Morgan fingerprint density at radius 3 is 2.86 bits per heavy atom. The summed E-state index contributed by atoms with van der Waals surface area (Å²) >= 11 is 1.33. The van der Waals surface area contributed by atoms with E-state index in [0.717, 1.165) is 49.8 Å². The average Bonchev–Trinajstić information content (AvgIpc) is 3.38. The van der Waals surface area contributed by atoms with Gasteiger partial charge in [-0.05, 0) is 37.4 Å². The van der Waals surface area contributed by atoms with Crippen molar-refractivity contribution in [2.45, 2.75) is 32.7 Å². The lowest BCUT2D eigenvalue weighted by molar-refractivity contribution is 0.315. The van der Waals surface area contributed by atoms with E-state index in [9.17, 15) is 0 Å². The maximum atomic E-state index is 8.92. The van der Waals surface area contributed by atoms with Crippen LogP contribution in [0, 0.1) is 17.2 Å². The van der Waals surface area contributed by atoms with Crippen molar-refractivity contribution >= 4 is 22.3 Å². The maximum absolute atomic E-state index is 8.92. The summed E-state index contributed by atoms with van der Waals surface area (Å²) in [4.78, 5) is 20.8. The van der Waals surface area contributed by atoms with Crippen molar-refractivity contribution in [2.24, 2.45) is 5.92 Å². The molecule has 1 N–H and O–H groups in total. The summed E-state index contributed by atoms with van der Waals surface area (Å²) in [6, 6.07) is 8.13. The van der Waals surface area contributed by atoms with E-state index < -0.39 is 0 Å². The zero-order valence-electron chi connectivity index (χ0n) is 16.4. The SMILES string of the molecule is CCc1ncc(CN2CCC(Cc3cccc(Nc4ncc(C#N)s4)n3)C2)cn1. The zero-order valence-corrected chi connectivity index (χ0v) is 17.2. The van der Waals surface area contributed by atoms with E-state index in [2.05, 4.69) is 44.2 Å². The molecule has 8 heteroatoms. The number of hydrogen-bond donors (Lipinski definition) is 1. The maximum Gasteiger partial charge on any atom is 0.189 e. The van der Waals surface area contributed by atoms with Gasteiger partial charge in [0.05, 0.1) is 6.20 Å². The first-order valence-electron chi connectivity index (χ1n) is 9.83. The van der Waals surface area contributed by atoms with Crippen LogP contribution in [-0.2, 0) is 19.4 Å². The van der Waals surface area contributed by atoms with E-state index in [-0.39, 0.29) is 0 Å². The van der Waals surface area contributed by atoms with Gasteiger partial charge in [0.25, 0.3) is 0 Å². The van der Waals surface area contributed by atoms with Crippen LogP contribution in [0.2, 0.25) is 0 Å². The number of aromatic nitrogens is 4. The van der Waals surface area contributed by atoms with Gasteiger partial charge in [-0.1, -0.05) is 24.3 Å². The van der Waals surface area contributed by atoms with Gasteiger partial charge in [0.2, 0.25) is 0 Å². The van der Waals surface area contributed by atoms with Crippen molar-refractivity contribution in [3.8, 4) is 6.07 Å².